The molecule has 0 radical (unpaired) electrons. The predicted octanol–water partition coefficient (Wildman–Crippen LogP) is 2.53. The maximum atomic E-state index is 9.52. The molecule has 0 amide bonds. The number of hydrogen-bond donors (Lipinski definition) is 1. The van der Waals surface area contributed by atoms with E-state index < -0.39 is 0 Å². The summed E-state index contributed by atoms with van der Waals surface area (Å²) < 4.78 is 5.35. The Balaban J connectivity index is 1.92. The highest BCUT2D eigenvalue weighted by Gasteiger charge is 2.18. The SMILES string of the molecule is N#Cc1c(Nc2ccccc2)ccnc1N1CCOCC1. The fraction of sp³-hybridized carbons (Fsp3) is 0.250. The summed E-state index contributed by atoms with van der Waals surface area (Å²) in [7, 11) is 0. The number of benzene rings is 1. The van der Waals surface area contributed by atoms with Crippen LogP contribution in [0.2, 0.25) is 0 Å². The minimum absolute atomic E-state index is 0.572. The molecule has 1 saturated heterocycles. The number of hydrogen-bond acceptors (Lipinski definition) is 5. The molecule has 1 aliphatic heterocycles. The summed E-state index contributed by atoms with van der Waals surface area (Å²) >= 11 is 0. The summed E-state index contributed by atoms with van der Waals surface area (Å²) in [5, 5.41) is 12.8. The maximum Gasteiger partial charge on any atom is 0.148 e. The molecule has 106 valence electrons. The van der Waals surface area contributed by atoms with Gasteiger partial charge in [-0.2, -0.15) is 5.26 Å². The van der Waals surface area contributed by atoms with Gasteiger partial charge < -0.3 is 15.0 Å². The van der Waals surface area contributed by atoms with Crippen LogP contribution in [0.3, 0.4) is 0 Å². The zero-order valence-corrected chi connectivity index (χ0v) is 11.6. The third kappa shape index (κ3) is 2.96. The van der Waals surface area contributed by atoms with E-state index in [2.05, 4.69) is 21.3 Å². The maximum absolute atomic E-state index is 9.52. The van der Waals surface area contributed by atoms with E-state index in [-0.39, 0.29) is 0 Å². The predicted molar refractivity (Wildman–Crippen MR) is 81.7 cm³/mol. The van der Waals surface area contributed by atoms with Crippen LogP contribution in [-0.4, -0.2) is 31.3 Å². The van der Waals surface area contributed by atoms with Crippen molar-refractivity contribution in [2.24, 2.45) is 0 Å². The Hall–Kier alpha value is -2.58. The Morgan fingerprint density at radius 2 is 1.90 bits per heavy atom. The minimum atomic E-state index is 0.572. The highest BCUT2D eigenvalue weighted by atomic mass is 16.5. The number of ether oxygens (including phenoxy) is 1. The number of para-hydroxylation sites is 1. The van der Waals surface area contributed by atoms with Gasteiger partial charge in [0.25, 0.3) is 0 Å². The molecule has 0 bridgehead atoms. The molecule has 0 aliphatic carbocycles. The van der Waals surface area contributed by atoms with Crippen molar-refractivity contribution >= 4 is 17.2 Å². The molecule has 21 heavy (non-hydrogen) atoms. The van der Waals surface area contributed by atoms with E-state index in [9.17, 15) is 5.26 Å². The van der Waals surface area contributed by atoms with Crippen molar-refractivity contribution in [1.82, 2.24) is 4.98 Å². The number of nitriles is 1. The topological polar surface area (TPSA) is 61.2 Å². The number of pyridine rings is 1. The highest BCUT2D eigenvalue weighted by Crippen LogP contribution is 2.27. The van der Waals surface area contributed by atoms with Crippen LogP contribution in [0.25, 0.3) is 0 Å². The summed E-state index contributed by atoms with van der Waals surface area (Å²) in [5.74, 6) is 0.724. The molecule has 5 heteroatoms. The zero-order valence-electron chi connectivity index (χ0n) is 11.6. The smallest absolute Gasteiger partial charge is 0.148 e. The number of anilines is 3. The van der Waals surface area contributed by atoms with Gasteiger partial charge in [0.05, 0.1) is 18.9 Å². The van der Waals surface area contributed by atoms with E-state index in [1.165, 1.54) is 0 Å². The van der Waals surface area contributed by atoms with Crippen LogP contribution in [0.4, 0.5) is 17.2 Å². The lowest BCUT2D eigenvalue weighted by Crippen LogP contribution is -2.37. The Kier molecular flexibility index (Phi) is 3.99. The molecule has 0 spiro atoms. The van der Waals surface area contributed by atoms with E-state index in [4.69, 9.17) is 4.74 Å². The lowest BCUT2D eigenvalue weighted by Gasteiger charge is -2.28. The monoisotopic (exact) mass is 280 g/mol. The average molecular weight is 280 g/mol. The normalized spacial score (nSPS) is 14.5. The largest absolute Gasteiger partial charge is 0.378 e. The van der Waals surface area contributed by atoms with Gasteiger partial charge in [0.15, 0.2) is 0 Å². The third-order valence-corrected chi connectivity index (χ3v) is 3.41. The van der Waals surface area contributed by atoms with Gasteiger partial charge in [0.1, 0.15) is 17.5 Å². The summed E-state index contributed by atoms with van der Waals surface area (Å²) in [6, 6.07) is 13.9. The summed E-state index contributed by atoms with van der Waals surface area (Å²) in [5.41, 5.74) is 2.30. The molecule has 3 rings (SSSR count). The first-order chi connectivity index (χ1) is 10.4. The van der Waals surface area contributed by atoms with Crippen LogP contribution in [0.15, 0.2) is 42.6 Å². The molecule has 2 heterocycles. The molecule has 1 aromatic carbocycles. The number of nitrogens with zero attached hydrogens (tertiary/aromatic N) is 3. The fourth-order valence-corrected chi connectivity index (χ4v) is 2.36. The second-order valence-electron chi connectivity index (χ2n) is 4.76. The average Bonchev–Trinajstić information content (AvgIpc) is 2.56. The minimum Gasteiger partial charge on any atom is -0.378 e. The van der Waals surface area contributed by atoms with Crippen LogP contribution in [0.5, 0.6) is 0 Å². The van der Waals surface area contributed by atoms with E-state index in [1.807, 2.05) is 36.4 Å². The number of rotatable bonds is 3. The molecular weight excluding hydrogens is 264 g/mol. The van der Waals surface area contributed by atoms with Gasteiger partial charge in [0.2, 0.25) is 0 Å². The van der Waals surface area contributed by atoms with Crippen molar-refractivity contribution in [2.75, 3.05) is 36.5 Å². The number of aromatic nitrogens is 1. The zero-order chi connectivity index (χ0) is 14.5. The van der Waals surface area contributed by atoms with Gasteiger partial charge in [-0.1, -0.05) is 18.2 Å². The van der Waals surface area contributed by atoms with Gasteiger partial charge in [0, 0.05) is 25.0 Å². The van der Waals surface area contributed by atoms with Crippen LogP contribution in [-0.2, 0) is 4.74 Å². The first-order valence-electron chi connectivity index (χ1n) is 6.92. The van der Waals surface area contributed by atoms with Crippen molar-refractivity contribution in [3.05, 3.63) is 48.2 Å². The molecule has 0 atom stereocenters. The summed E-state index contributed by atoms with van der Waals surface area (Å²) in [6.07, 6.45) is 1.73. The lowest BCUT2D eigenvalue weighted by atomic mass is 10.2. The third-order valence-electron chi connectivity index (χ3n) is 3.41. The van der Waals surface area contributed by atoms with Crippen molar-refractivity contribution in [3.63, 3.8) is 0 Å². The fourth-order valence-electron chi connectivity index (χ4n) is 2.36. The number of morpholine rings is 1. The Morgan fingerprint density at radius 1 is 1.14 bits per heavy atom. The van der Waals surface area contributed by atoms with Crippen LogP contribution >= 0.6 is 0 Å². The van der Waals surface area contributed by atoms with E-state index in [0.29, 0.717) is 18.8 Å². The molecule has 1 fully saturated rings. The van der Waals surface area contributed by atoms with Crippen molar-refractivity contribution in [3.8, 4) is 6.07 Å². The molecule has 0 saturated carbocycles. The van der Waals surface area contributed by atoms with Gasteiger partial charge in [-0.3, -0.25) is 0 Å². The standard InChI is InChI=1S/C16H16N4O/c17-12-14-15(19-13-4-2-1-3-5-13)6-7-18-16(14)20-8-10-21-11-9-20/h1-7H,8-11H2,(H,18,19). The van der Waals surface area contributed by atoms with Crippen LogP contribution in [0, 0.1) is 11.3 Å². The Labute approximate surface area is 123 Å². The first kappa shape index (κ1) is 13.4. The van der Waals surface area contributed by atoms with Crippen molar-refractivity contribution in [2.45, 2.75) is 0 Å². The van der Waals surface area contributed by atoms with Gasteiger partial charge in [-0.05, 0) is 18.2 Å². The molecule has 0 unspecified atom stereocenters. The number of nitrogens with one attached hydrogen (secondary N) is 1. The van der Waals surface area contributed by atoms with Gasteiger partial charge in [-0.25, -0.2) is 4.98 Å². The van der Waals surface area contributed by atoms with E-state index in [0.717, 1.165) is 30.3 Å². The first-order valence-corrected chi connectivity index (χ1v) is 6.92. The van der Waals surface area contributed by atoms with E-state index >= 15 is 0 Å². The van der Waals surface area contributed by atoms with Gasteiger partial charge >= 0.3 is 0 Å². The van der Waals surface area contributed by atoms with E-state index in [1.54, 1.807) is 6.20 Å². The molecule has 1 aliphatic rings. The molecular formula is C16H16N4O. The molecule has 1 aromatic heterocycles. The van der Waals surface area contributed by atoms with Gasteiger partial charge in [-0.15, -0.1) is 0 Å². The second kappa shape index (κ2) is 6.25. The van der Waals surface area contributed by atoms with Crippen LogP contribution < -0.4 is 10.2 Å². The molecule has 5 nitrogen and oxygen atoms in total. The lowest BCUT2D eigenvalue weighted by molar-refractivity contribution is 0.122. The van der Waals surface area contributed by atoms with Crippen molar-refractivity contribution < 1.29 is 4.74 Å². The van der Waals surface area contributed by atoms with Crippen LogP contribution in [0.1, 0.15) is 5.56 Å². The molecule has 2 aromatic rings. The Morgan fingerprint density at radius 3 is 2.62 bits per heavy atom. The molecule has 1 N–H and O–H groups in total. The quantitative estimate of drug-likeness (QED) is 0.936. The van der Waals surface area contributed by atoms with Crippen molar-refractivity contribution in [1.29, 1.82) is 5.26 Å². The summed E-state index contributed by atoms with van der Waals surface area (Å²) in [6.45, 7) is 2.86. The summed E-state index contributed by atoms with van der Waals surface area (Å²) in [4.78, 5) is 6.48. The second-order valence-corrected chi connectivity index (χ2v) is 4.76. The highest BCUT2D eigenvalue weighted by molar-refractivity contribution is 5.73. The Bertz CT molecular complexity index is 645.